The molecule has 2 aromatic carbocycles. The van der Waals surface area contributed by atoms with Crippen LogP contribution in [-0.2, 0) is 70.4 Å². The van der Waals surface area contributed by atoms with E-state index in [0.29, 0.717) is 80.5 Å². The number of nitrogens with two attached hydrogens (primary N) is 1. The second-order valence-corrected chi connectivity index (χ2v) is 21.1. The number of carbonyl (C=O) groups excluding carboxylic acids is 10. The van der Waals surface area contributed by atoms with Crippen molar-refractivity contribution in [2.75, 3.05) is 25.4 Å². The number of thiol groups is 1. The number of hydrogen-bond acceptors (Lipinski definition) is 16. The van der Waals surface area contributed by atoms with Crippen molar-refractivity contribution < 1.29 is 67.7 Å². The molecule has 2 heterocycles. The first-order valence-electron chi connectivity index (χ1n) is 27.8. The zero-order valence-corrected chi connectivity index (χ0v) is 48.0. The monoisotopic (exact) mass is 1180 g/mol. The first-order valence-corrected chi connectivity index (χ1v) is 28.4. The lowest BCUT2D eigenvalue weighted by Crippen LogP contribution is -2.58. The first-order chi connectivity index (χ1) is 39.5. The van der Waals surface area contributed by atoms with Gasteiger partial charge in [-0.3, -0.25) is 57.5 Å². The maximum Gasteiger partial charge on any atom is 0.304 e. The van der Waals surface area contributed by atoms with E-state index >= 15 is 0 Å². The van der Waals surface area contributed by atoms with Gasteiger partial charge in [0.05, 0.1) is 37.8 Å². The summed E-state index contributed by atoms with van der Waals surface area (Å²) in [4.78, 5) is 154. The third kappa shape index (κ3) is 27.2. The molecule has 0 unspecified atom stereocenters. The molecule has 0 aliphatic carbocycles. The van der Waals surface area contributed by atoms with Gasteiger partial charge in [0, 0.05) is 42.9 Å². The van der Waals surface area contributed by atoms with Crippen LogP contribution in [0.25, 0.3) is 0 Å². The lowest BCUT2D eigenvalue weighted by atomic mass is 9.96. The van der Waals surface area contributed by atoms with Gasteiger partial charge in [-0.1, -0.05) is 73.5 Å². The van der Waals surface area contributed by atoms with Gasteiger partial charge in [0.2, 0.25) is 47.3 Å². The molecular weight excluding hydrogens is 1090 g/mol. The average Bonchev–Trinajstić information content (AvgIpc) is 3.46. The molecule has 2 aromatic rings. The minimum Gasteiger partial charge on any atom is -0.481 e. The molecule has 8 atom stereocenters. The lowest BCUT2D eigenvalue weighted by molar-refractivity contribution is -0.143. The zero-order valence-electron chi connectivity index (χ0n) is 47.1. The van der Waals surface area contributed by atoms with Crippen LogP contribution in [0.1, 0.15) is 121 Å². The quantitative estimate of drug-likeness (QED) is 0.0419. The van der Waals surface area contributed by atoms with Crippen molar-refractivity contribution in [3.8, 4) is 0 Å². The molecule has 454 valence electrons. The van der Waals surface area contributed by atoms with E-state index in [9.17, 15) is 67.7 Å². The summed E-state index contributed by atoms with van der Waals surface area (Å²) in [7, 11) is 0. The molecule has 2 aliphatic heterocycles. The maximum atomic E-state index is 13.6. The predicted molar refractivity (Wildman–Crippen MR) is 309 cm³/mol. The number of benzene rings is 2. The molecule has 26 heteroatoms. The Morgan fingerprint density at radius 1 is 0.482 bits per heavy atom. The molecule has 8 amide bonds. The molecule has 25 nitrogen and oxygen atoms in total. The third-order valence-corrected chi connectivity index (χ3v) is 13.9. The topological polar surface area (TPSA) is 415 Å². The fourth-order valence-corrected chi connectivity index (χ4v) is 9.26. The van der Waals surface area contributed by atoms with E-state index in [0.717, 1.165) is 0 Å². The van der Waals surface area contributed by atoms with E-state index in [1.54, 1.807) is 74.5 Å². The van der Waals surface area contributed by atoms with Gasteiger partial charge in [-0.15, -0.1) is 0 Å². The number of rotatable bonds is 23. The standard InChI is InChI=1S/C30H44N6O7.C27H37N5O7S/c1-19(32)9-5-6-12-23-28(41)33-18-22(37)16-21(17-26(38)39)27(40)36-25(15-20-10-3-2-4-11-20)30(43)35-24(29(42)34-23)13-7-8-14-31;1-16(28)7-5-6-10-20-25(37)29-14-19(33)12-18(13-23(34)35)24(36)31-21(11-17-8-3-2-4-9-17)26(38)32-22(15-40)27(39)30-20/h2-4,10-11,21,23-25,32H,5-9,12-18,31H2,1H3,(H,33,41)(H,34,42)(H,35,43)(H,36,40)(H,38,39);2-4,8-9,18,20-22,28,40H,5-7,10-15H2,1H3,(H,29,37)(H,30,39)(H,31,36)(H,32,38)(H,34,35)/t21-,23-,24-,25+;18-,20-,21+,22-/m00/s1. The summed E-state index contributed by atoms with van der Waals surface area (Å²) in [5.74, 6) is -11.9. The second kappa shape index (κ2) is 37.3. The number of carboxylic acids is 2. The molecule has 2 saturated heterocycles. The Labute approximate surface area is 488 Å². The summed E-state index contributed by atoms with van der Waals surface area (Å²) >= 11 is 4.19. The Morgan fingerprint density at radius 3 is 1.16 bits per heavy atom. The Morgan fingerprint density at radius 2 is 0.807 bits per heavy atom. The van der Waals surface area contributed by atoms with Gasteiger partial charge >= 0.3 is 11.9 Å². The maximum absolute atomic E-state index is 13.6. The molecule has 0 spiro atoms. The van der Waals surface area contributed by atoms with Crippen molar-refractivity contribution in [2.24, 2.45) is 17.6 Å². The number of unbranched alkanes of at least 4 members (excludes halogenated alkanes) is 3. The summed E-state index contributed by atoms with van der Waals surface area (Å²) in [6, 6.07) is 11.1. The largest absolute Gasteiger partial charge is 0.481 e. The van der Waals surface area contributed by atoms with E-state index in [2.05, 4.69) is 55.2 Å². The highest BCUT2D eigenvalue weighted by atomic mass is 32.1. The normalized spacial score (nSPS) is 22.7. The van der Waals surface area contributed by atoms with Crippen LogP contribution in [-0.4, -0.2) is 154 Å². The van der Waals surface area contributed by atoms with E-state index < -0.39 is 158 Å². The van der Waals surface area contributed by atoms with Crippen molar-refractivity contribution >= 4 is 94.8 Å². The average molecular weight is 1180 g/mol. The van der Waals surface area contributed by atoms with Crippen molar-refractivity contribution in [1.82, 2.24) is 42.5 Å². The van der Waals surface area contributed by atoms with E-state index in [4.69, 9.17) is 16.6 Å². The van der Waals surface area contributed by atoms with Crippen LogP contribution in [0, 0.1) is 22.7 Å². The van der Waals surface area contributed by atoms with Crippen LogP contribution < -0.4 is 48.3 Å². The number of carbonyl (C=O) groups is 12. The molecule has 83 heavy (non-hydrogen) atoms. The van der Waals surface area contributed by atoms with Gasteiger partial charge < -0.3 is 69.3 Å². The number of ketones is 2. The molecule has 4 rings (SSSR count). The molecular formula is C57H81N11O14S. The Kier molecular flexibility index (Phi) is 31.2. The predicted octanol–water partition coefficient (Wildman–Crippen LogP) is 0.986. The number of carboxylic acid groups (broad SMARTS) is 2. The molecule has 2 aliphatic rings. The van der Waals surface area contributed by atoms with Gasteiger partial charge in [0.25, 0.3) is 0 Å². The highest BCUT2D eigenvalue weighted by molar-refractivity contribution is 7.80. The van der Waals surface area contributed by atoms with Crippen LogP contribution in [0.5, 0.6) is 0 Å². The smallest absolute Gasteiger partial charge is 0.304 e. The summed E-state index contributed by atoms with van der Waals surface area (Å²) in [6.07, 6.45) is 2.99. The number of aliphatic carboxylic acids is 2. The molecule has 2 fully saturated rings. The summed E-state index contributed by atoms with van der Waals surface area (Å²) in [6.45, 7) is 2.81. The molecule has 0 aromatic heterocycles. The van der Waals surface area contributed by atoms with Crippen LogP contribution in [0.2, 0.25) is 0 Å². The summed E-state index contributed by atoms with van der Waals surface area (Å²) in [5, 5.41) is 54.7. The number of amides is 8. The van der Waals surface area contributed by atoms with Gasteiger partial charge in [-0.05, 0) is 89.3 Å². The highest BCUT2D eigenvalue weighted by Crippen LogP contribution is 2.16. The highest BCUT2D eigenvalue weighted by Gasteiger charge is 2.35. The Hall–Kier alpha value is -7.87. The number of hydrogen-bond donors (Lipinski definition) is 14. The van der Waals surface area contributed by atoms with Crippen LogP contribution >= 0.6 is 12.6 Å². The van der Waals surface area contributed by atoms with E-state index in [1.165, 1.54) is 0 Å². The molecule has 14 N–H and O–H groups in total. The van der Waals surface area contributed by atoms with Gasteiger partial charge in [0.1, 0.15) is 36.3 Å². The van der Waals surface area contributed by atoms with E-state index in [-0.39, 0.29) is 37.9 Å². The van der Waals surface area contributed by atoms with Crippen LogP contribution in [0.4, 0.5) is 0 Å². The minimum absolute atomic E-state index is 0.0438. The minimum atomic E-state index is -1.30. The van der Waals surface area contributed by atoms with E-state index in [1.807, 2.05) is 0 Å². The number of nitrogens with one attached hydrogen (secondary N) is 10. The molecule has 0 saturated carbocycles. The fraction of sp³-hybridized carbons (Fsp3) is 0.544. The van der Waals surface area contributed by atoms with Gasteiger partial charge in [0.15, 0.2) is 11.6 Å². The Balaban J connectivity index is 0.000000436. The summed E-state index contributed by atoms with van der Waals surface area (Å²) < 4.78 is 0. The first kappa shape index (κ1) is 69.4. The van der Waals surface area contributed by atoms with Crippen LogP contribution in [0.3, 0.4) is 0 Å². The molecule has 0 bridgehead atoms. The molecule has 0 radical (unpaired) electrons. The van der Waals surface area contributed by atoms with Gasteiger partial charge in [-0.2, -0.15) is 12.6 Å². The van der Waals surface area contributed by atoms with Crippen molar-refractivity contribution in [3.05, 3.63) is 71.8 Å². The van der Waals surface area contributed by atoms with Crippen molar-refractivity contribution in [1.29, 1.82) is 10.8 Å². The fourth-order valence-electron chi connectivity index (χ4n) is 9.01. The van der Waals surface area contributed by atoms with Crippen LogP contribution in [0.15, 0.2) is 60.7 Å². The third-order valence-electron chi connectivity index (χ3n) is 13.5. The SMILES string of the molecule is CC(=N)CCCC[C@@H]1NC(=O)[C@H](CCCCN)NC(=O)[C@@H](Cc2ccccc2)NC(=O)[C@H](CC(=O)O)CC(=O)CNC1=O.CC(=N)CCCC[C@@H]1NC(=O)[C@H](CS)NC(=O)[C@@H](Cc2ccccc2)NC(=O)[C@H](CC(=O)O)CC(=O)CNC1=O. The summed E-state index contributed by atoms with van der Waals surface area (Å²) in [5.41, 5.74) is 8.03. The Bertz CT molecular complexity index is 2590. The van der Waals surface area contributed by atoms with Crippen molar-refractivity contribution in [2.45, 2.75) is 159 Å². The van der Waals surface area contributed by atoms with Crippen molar-refractivity contribution in [3.63, 3.8) is 0 Å². The lowest BCUT2D eigenvalue weighted by Gasteiger charge is -2.26. The number of Topliss-reactive ketones (excluding diaryl/α,β-unsaturated/α-hetero) is 2. The second-order valence-electron chi connectivity index (χ2n) is 20.8. The van der Waals surface area contributed by atoms with Gasteiger partial charge in [-0.25, -0.2) is 0 Å². The zero-order chi connectivity index (χ0) is 61.4.